The Bertz CT molecular complexity index is 310. The van der Waals surface area contributed by atoms with Crippen LogP contribution in [0.4, 0.5) is 0 Å². The maximum Gasteiger partial charge on any atom is 0.119 e. The molecule has 2 heteroatoms. The van der Waals surface area contributed by atoms with Crippen molar-refractivity contribution >= 4 is 0 Å². The first-order valence-electron chi connectivity index (χ1n) is 5.39. The minimum Gasteiger partial charge on any atom is -0.497 e. The molecular formula is C13H21NO. The van der Waals surface area contributed by atoms with Crippen molar-refractivity contribution in [2.75, 3.05) is 20.7 Å². The molecule has 1 unspecified atom stereocenters. The number of hydrogen-bond donors (Lipinski definition) is 1. The van der Waals surface area contributed by atoms with Crippen molar-refractivity contribution in [3.8, 4) is 5.75 Å². The number of likely N-dealkylation sites (N-methyl/N-ethyl adjacent to an activating group) is 1. The van der Waals surface area contributed by atoms with E-state index in [-0.39, 0.29) is 0 Å². The van der Waals surface area contributed by atoms with Crippen LogP contribution in [0, 0.1) is 13.8 Å². The second-order valence-corrected chi connectivity index (χ2v) is 4.13. The first-order valence-corrected chi connectivity index (χ1v) is 5.39. The normalized spacial score (nSPS) is 12.6. The molecule has 2 nitrogen and oxygen atoms in total. The van der Waals surface area contributed by atoms with Gasteiger partial charge in [-0.2, -0.15) is 0 Å². The van der Waals surface area contributed by atoms with Gasteiger partial charge in [-0.15, -0.1) is 0 Å². The van der Waals surface area contributed by atoms with Crippen LogP contribution >= 0.6 is 0 Å². The van der Waals surface area contributed by atoms with Gasteiger partial charge in [-0.25, -0.2) is 0 Å². The summed E-state index contributed by atoms with van der Waals surface area (Å²) in [5.74, 6) is 1.49. The maximum atomic E-state index is 5.25. The van der Waals surface area contributed by atoms with Gasteiger partial charge in [-0.05, 0) is 55.6 Å². The van der Waals surface area contributed by atoms with Crippen molar-refractivity contribution in [3.63, 3.8) is 0 Å². The summed E-state index contributed by atoms with van der Waals surface area (Å²) in [7, 11) is 3.70. The van der Waals surface area contributed by atoms with Crippen LogP contribution in [0.5, 0.6) is 5.75 Å². The minimum atomic E-state index is 0.543. The molecule has 84 valence electrons. The molecule has 0 aliphatic heterocycles. The van der Waals surface area contributed by atoms with E-state index in [4.69, 9.17) is 4.74 Å². The number of hydrogen-bond acceptors (Lipinski definition) is 2. The van der Waals surface area contributed by atoms with E-state index in [2.05, 4.69) is 38.2 Å². The molecule has 1 aromatic rings. The Labute approximate surface area is 92.6 Å². The smallest absolute Gasteiger partial charge is 0.119 e. The summed E-state index contributed by atoms with van der Waals surface area (Å²) in [6, 6.07) is 4.21. The van der Waals surface area contributed by atoms with Crippen LogP contribution in [-0.2, 0) is 0 Å². The molecule has 1 atom stereocenters. The monoisotopic (exact) mass is 207 g/mol. The fourth-order valence-corrected chi connectivity index (χ4v) is 2.24. The Kier molecular flexibility index (Phi) is 4.15. The topological polar surface area (TPSA) is 21.3 Å². The first-order chi connectivity index (χ1) is 7.10. The molecule has 0 amide bonds. The fraction of sp³-hybridized carbons (Fsp3) is 0.538. The molecule has 0 saturated carbocycles. The Morgan fingerprint density at radius 3 is 2.20 bits per heavy atom. The number of rotatable bonds is 4. The molecule has 0 aliphatic carbocycles. The second-order valence-electron chi connectivity index (χ2n) is 4.13. The molecule has 0 radical (unpaired) electrons. The molecule has 1 rings (SSSR count). The van der Waals surface area contributed by atoms with Crippen LogP contribution in [0.1, 0.15) is 29.5 Å². The Hall–Kier alpha value is -1.02. The van der Waals surface area contributed by atoms with Crippen molar-refractivity contribution in [2.24, 2.45) is 0 Å². The van der Waals surface area contributed by atoms with Crippen LogP contribution in [0.3, 0.4) is 0 Å². The van der Waals surface area contributed by atoms with E-state index >= 15 is 0 Å². The van der Waals surface area contributed by atoms with Crippen LogP contribution in [-0.4, -0.2) is 20.7 Å². The SMILES string of the molecule is CNCC(C)c1c(C)cc(OC)cc1C. The van der Waals surface area contributed by atoms with Crippen LogP contribution in [0.2, 0.25) is 0 Å². The summed E-state index contributed by atoms with van der Waals surface area (Å²) in [6.07, 6.45) is 0. The van der Waals surface area contributed by atoms with Gasteiger partial charge in [0.05, 0.1) is 7.11 Å². The lowest BCUT2D eigenvalue weighted by Gasteiger charge is -2.18. The van der Waals surface area contributed by atoms with Crippen LogP contribution in [0.15, 0.2) is 12.1 Å². The molecule has 0 saturated heterocycles. The predicted octanol–water partition coefficient (Wildman–Crippen LogP) is 2.63. The first kappa shape index (κ1) is 12.1. The molecule has 1 N–H and O–H groups in total. The number of methoxy groups -OCH3 is 1. The van der Waals surface area contributed by atoms with E-state index < -0.39 is 0 Å². The molecule has 0 fully saturated rings. The molecule has 0 bridgehead atoms. The summed E-state index contributed by atoms with van der Waals surface area (Å²) in [5, 5.41) is 3.22. The zero-order chi connectivity index (χ0) is 11.4. The van der Waals surface area contributed by atoms with Crippen molar-refractivity contribution in [2.45, 2.75) is 26.7 Å². The van der Waals surface area contributed by atoms with Gasteiger partial charge in [0, 0.05) is 6.54 Å². The highest BCUT2D eigenvalue weighted by atomic mass is 16.5. The third-order valence-electron chi connectivity index (χ3n) is 2.81. The van der Waals surface area contributed by atoms with Gasteiger partial charge in [0.25, 0.3) is 0 Å². The summed E-state index contributed by atoms with van der Waals surface area (Å²) < 4.78 is 5.25. The Morgan fingerprint density at radius 2 is 1.80 bits per heavy atom. The van der Waals surface area contributed by atoms with E-state index in [1.807, 2.05) is 7.05 Å². The molecule has 0 aliphatic rings. The highest BCUT2D eigenvalue weighted by Gasteiger charge is 2.11. The van der Waals surface area contributed by atoms with Gasteiger partial charge in [0.15, 0.2) is 0 Å². The number of ether oxygens (including phenoxy) is 1. The standard InChI is InChI=1S/C13H21NO/c1-9-6-12(15-5)7-10(2)13(9)11(3)8-14-4/h6-7,11,14H,8H2,1-5H3. The molecule has 0 spiro atoms. The molecule has 0 aromatic heterocycles. The maximum absolute atomic E-state index is 5.25. The second kappa shape index (κ2) is 5.17. The lowest BCUT2D eigenvalue weighted by molar-refractivity contribution is 0.413. The van der Waals surface area contributed by atoms with Crippen molar-refractivity contribution < 1.29 is 4.74 Å². The lowest BCUT2D eigenvalue weighted by atomic mass is 9.92. The quantitative estimate of drug-likeness (QED) is 0.819. The fourth-order valence-electron chi connectivity index (χ4n) is 2.24. The summed E-state index contributed by atoms with van der Waals surface area (Å²) in [6.45, 7) is 7.56. The average Bonchev–Trinajstić information content (AvgIpc) is 2.16. The van der Waals surface area contributed by atoms with Crippen molar-refractivity contribution in [3.05, 3.63) is 28.8 Å². The van der Waals surface area contributed by atoms with E-state index in [1.165, 1.54) is 16.7 Å². The molecular weight excluding hydrogens is 186 g/mol. The summed E-state index contributed by atoms with van der Waals surface area (Å²) in [4.78, 5) is 0. The third-order valence-corrected chi connectivity index (χ3v) is 2.81. The summed E-state index contributed by atoms with van der Waals surface area (Å²) >= 11 is 0. The zero-order valence-electron chi connectivity index (χ0n) is 10.3. The van der Waals surface area contributed by atoms with Gasteiger partial charge in [0.1, 0.15) is 5.75 Å². The van der Waals surface area contributed by atoms with Crippen LogP contribution < -0.4 is 10.1 Å². The molecule has 0 heterocycles. The van der Waals surface area contributed by atoms with E-state index in [0.29, 0.717) is 5.92 Å². The predicted molar refractivity (Wildman–Crippen MR) is 64.8 cm³/mol. The summed E-state index contributed by atoms with van der Waals surface area (Å²) in [5.41, 5.74) is 4.06. The van der Waals surface area contributed by atoms with Gasteiger partial charge in [-0.3, -0.25) is 0 Å². The van der Waals surface area contributed by atoms with Crippen molar-refractivity contribution in [1.82, 2.24) is 5.32 Å². The van der Waals surface area contributed by atoms with Gasteiger partial charge >= 0.3 is 0 Å². The lowest BCUT2D eigenvalue weighted by Crippen LogP contribution is -2.16. The van der Waals surface area contributed by atoms with Gasteiger partial charge < -0.3 is 10.1 Å². The Balaban J connectivity index is 3.07. The zero-order valence-corrected chi connectivity index (χ0v) is 10.3. The number of aryl methyl sites for hydroxylation is 2. The van der Waals surface area contributed by atoms with E-state index in [9.17, 15) is 0 Å². The van der Waals surface area contributed by atoms with Crippen LogP contribution in [0.25, 0.3) is 0 Å². The highest BCUT2D eigenvalue weighted by molar-refractivity contribution is 5.43. The van der Waals surface area contributed by atoms with E-state index in [1.54, 1.807) is 7.11 Å². The third kappa shape index (κ3) is 2.72. The van der Waals surface area contributed by atoms with Crippen molar-refractivity contribution in [1.29, 1.82) is 0 Å². The van der Waals surface area contributed by atoms with Gasteiger partial charge in [0.2, 0.25) is 0 Å². The molecule has 1 aromatic carbocycles. The highest BCUT2D eigenvalue weighted by Crippen LogP contribution is 2.27. The van der Waals surface area contributed by atoms with Gasteiger partial charge in [-0.1, -0.05) is 6.92 Å². The largest absolute Gasteiger partial charge is 0.497 e. The number of nitrogens with one attached hydrogen (secondary N) is 1. The average molecular weight is 207 g/mol. The Morgan fingerprint density at radius 1 is 1.27 bits per heavy atom. The van der Waals surface area contributed by atoms with E-state index in [0.717, 1.165) is 12.3 Å². The minimum absolute atomic E-state index is 0.543. The number of benzene rings is 1. The molecule has 15 heavy (non-hydrogen) atoms.